The van der Waals surface area contributed by atoms with Crippen molar-refractivity contribution in [2.45, 2.75) is 44.0 Å². The fourth-order valence-electron chi connectivity index (χ4n) is 1.49. The monoisotopic (exact) mass is 248 g/mol. The van der Waals surface area contributed by atoms with Crippen molar-refractivity contribution in [3.63, 3.8) is 0 Å². The Balaban J connectivity index is 2.37. The van der Waals surface area contributed by atoms with Crippen molar-refractivity contribution < 1.29 is 0 Å². The molecule has 1 aromatic carbocycles. The van der Waals surface area contributed by atoms with Crippen LogP contribution in [0.5, 0.6) is 0 Å². The number of thioether (sulfide) groups is 1. The van der Waals surface area contributed by atoms with Crippen LogP contribution < -0.4 is 5.73 Å². The van der Waals surface area contributed by atoms with E-state index in [4.69, 9.17) is 11.0 Å². The number of hydrogen-bond acceptors (Lipinski definition) is 3. The van der Waals surface area contributed by atoms with E-state index in [0.29, 0.717) is 0 Å². The van der Waals surface area contributed by atoms with Gasteiger partial charge in [-0.3, -0.25) is 0 Å². The summed E-state index contributed by atoms with van der Waals surface area (Å²) in [4.78, 5) is 1.30. The molecule has 3 heteroatoms. The minimum absolute atomic E-state index is 0.677. The van der Waals surface area contributed by atoms with Gasteiger partial charge in [0.1, 0.15) is 5.54 Å². The van der Waals surface area contributed by atoms with Crippen molar-refractivity contribution in [1.29, 1.82) is 5.26 Å². The van der Waals surface area contributed by atoms with Gasteiger partial charge in [-0.2, -0.15) is 5.26 Å². The maximum Gasteiger partial charge on any atom is 0.101 e. The first-order valence-electron chi connectivity index (χ1n) is 5.85. The Morgan fingerprint density at radius 1 is 1.35 bits per heavy atom. The smallest absolute Gasteiger partial charge is 0.101 e. The van der Waals surface area contributed by atoms with Crippen molar-refractivity contribution in [1.82, 2.24) is 0 Å². The van der Waals surface area contributed by atoms with E-state index >= 15 is 0 Å². The summed E-state index contributed by atoms with van der Waals surface area (Å²) in [6.07, 6.45) is 1.72. The van der Waals surface area contributed by atoms with Gasteiger partial charge in [0, 0.05) is 4.90 Å². The Bertz CT molecular complexity index is 419. The zero-order valence-corrected chi connectivity index (χ0v) is 11.6. The molecule has 17 heavy (non-hydrogen) atoms. The molecular formula is C14H20N2S. The highest BCUT2D eigenvalue weighted by atomic mass is 32.2. The zero-order valence-electron chi connectivity index (χ0n) is 10.8. The van der Waals surface area contributed by atoms with Crippen LogP contribution in [-0.4, -0.2) is 11.3 Å². The molecule has 0 aliphatic rings. The second-order valence-corrected chi connectivity index (χ2v) is 5.90. The second-order valence-electron chi connectivity index (χ2n) is 4.73. The third kappa shape index (κ3) is 4.80. The largest absolute Gasteiger partial charge is 0.314 e. The van der Waals surface area contributed by atoms with E-state index in [2.05, 4.69) is 38.1 Å². The summed E-state index contributed by atoms with van der Waals surface area (Å²) in [5, 5.41) is 8.80. The SMILES string of the molecule is Cc1ccc(SCCCC(C)(N)C#N)cc1C. The van der Waals surface area contributed by atoms with Gasteiger partial charge in [0.25, 0.3) is 0 Å². The molecule has 0 radical (unpaired) electrons. The first-order chi connectivity index (χ1) is 7.94. The molecule has 0 aromatic heterocycles. The minimum Gasteiger partial charge on any atom is -0.314 e. The summed E-state index contributed by atoms with van der Waals surface area (Å²) in [5.74, 6) is 1.01. The summed E-state index contributed by atoms with van der Waals surface area (Å²) in [7, 11) is 0. The fourth-order valence-corrected chi connectivity index (χ4v) is 2.44. The van der Waals surface area contributed by atoms with E-state index in [9.17, 15) is 0 Å². The molecule has 1 unspecified atom stereocenters. The standard InChI is InChI=1S/C14H20N2S/c1-11-5-6-13(9-12(11)2)17-8-4-7-14(3,16)10-15/h5-6,9H,4,7-8,16H2,1-3H3. The Morgan fingerprint density at radius 2 is 2.06 bits per heavy atom. The molecule has 0 fully saturated rings. The minimum atomic E-state index is -0.677. The van der Waals surface area contributed by atoms with Crippen LogP contribution in [0.15, 0.2) is 23.1 Å². The highest BCUT2D eigenvalue weighted by Gasteiger charge is 2.15. The molecule has 0 bridgehead atoms. The predicted molar refractivity (Wildman–Crippen MR) is 74.1 cm³/mol. The average molecular weight is 248 g/mol. The van der Waals surface area contributed by atoms with E-state index in [0.717, 1.165) is 18.6 Å². The Kier molecular flexibility index (Phi) is 5.04. The van der Waals surface area contributed by atoms with Crippen LogP contribution in [0.4, 0.5) is 0 Å². The van der Waals surface area contributed by atoms with Crippen molar-refractivity contribution >= 4 is 11.8 Å². The lowest BCUT2D eigenvalue weighted by Crippen LogP contribution is -2.33. The molecule has 2 nitrogen and oxygen atoms in total. The van der Waals surface area contributed by atoms with Crippen LogP contribution in [0.3, 0.4) is 0 Å². The highest BCUT2D eigenvalue weighted by molar-refractivity contribution is 7.99. The Morgan fingerprint density at radius 3 is 2.65 bits per heavy atom. The summed E-state index contributed by atoms with van der Waals surface area (Å²) in [6, 6.07) is 8.64. The third-order valence-corrected chi connectivity index (χ3v) is 3.92. The lowest BCUT2D eigenvalue weighted by atomic mass is 10.0. The van der Waals surface area contributed by atoms with Gasteiger partial charge in [0.05, 0.1) is 6.07 Å². The average Bonchev–Trinajstić information content (AvgIpc) is 2.29. The van der Waals surface area contributed by atoms with Gasteiger partial charge in [-0.15, -0.1) is 11.8 Å². The number of benzene rings is 1. The predicted octanol–water partition coefficient (Wildman–Crippen LogP) is 3.42. The molecule has 0 aliphatic carbocycles. The molecule has 0 saturated heterocycles. The maximum atomic E-state index is 8.80. The number of aryl methyl sites for hydroxylation is 2. The van der Waals surface area contributed by atoms with Crippen molar-refractivity contribution in [3.8, 4) is 6.07 Å². The van der Waals surface area contributed by atoms with E-state index in [1.165, 1.54) is 16.0 Å². The van der Waals surface area contributed by atoms with Crippen LogP contribution in [0.1, 0.15) is 30.9 Å². The molecule has 0 aliphatic heterocycles. The molecule has 2 N–H and O–H groups in total. The van der Waals surface area contributed by atoms with E-state index in [1.54, 1.807) is 6.92 Å². The normalized spacial score (nSPS) is 14.1. The van der Waals surface area contributed by atoms with Crippen LogP contribution in [0.25, 0.3) is 0 Å². The van der Waals surface area contributed by atoms with E-state index in [-0.39, 0.29) is 0 Å². The lowest BCUT2D eigenvalue weighted by Gasteiger charge is -2.14. The second kappa shape index (κ2) is 6.09. The quantitative estimate of drug-likeness (QED) is 0.641. The number of nitrogens with two attached hydrogens (primary N) is 1. The molecule has 0 spiro atoms. The third-order valence-electron chi connectivity index (χ3n) is 2.84. The number of nitrogens with zero attached hydrogens (tertiary/aromatic N) is 1. The van der Waals surface area contributed by atoms with Crippen molar-refractivity contribution in [3.05, 3.63) is 29.3 Å². The summed E-state index contributed by atoms with van der Waals surface area (Å²) >= 11 is 1.83. The van der Waals surface area contributed by atoms with Crippen LogP contribution in [0.2, 0.25) is 0 Å². The fraction of sp³-hybridized carbons (Fsp3) is 0.500. The topological polar surface area (TPSA) is 49.8 Å². The van der Waals surface area contributed by atoms with Crippen LogP contribution in [0, 0.1) is 25.2 Å². The van der Waals surface area contributed by atoms with Crippen LogP contribution >= 0.6 is 11.8 Å². The van der Waals surface area contributed by atoms with Gasteiger partial charge < -0.3 is 5.73 Å². The highest BCUT2D eigenvalue weighted by Crippen LogP contribution is 2.23. The number of nitriles is 1. The van der Waals surface area contributed by atoms with Gasteiger partial charge >= 0.3 is 0 Å². The Labute approximate surface area is 108 Å². The molecule has 1 rings (SSSR count). The molecule has 1 aromatic rings. The first-order valence-corrected chi connectivity index (χ1v) is 6.83. The van der Waals surface area contributed by atoms with E-state index in [1.807, 2.05) is 11.8 Å². The molecule has 92 valence electrons. The zero-order chi connectivity index (χ0) is 12.9. The summed E-state index contributed by atoms with van der Waals surface area (Å²) in [6.45, 7) is 6.04. The number of rotatable bonds is 5. The van der Waals surface area contributed by atoms with Gasteiger partial charge in [0.2, 0.25) is 0 Å². The number of hydrogen-bond donors (Lipinski definition) is 1. The van der Waals surface area contributed by atoms with Gasteiger partial charge in [0.15, 0.2) is 0 Å². The molecular weight excluding hydrogens is 228 g/mol. The van der Waals surface area contributed by atoms with Crippen molar-refractivity contribution in [2.75, 3.05) is 5.75 Å². The molecule has 0 saturated carbocycles. The molecule has 0 heterocycles. The molecule has 0 amide bonds. The summed E-state index contributed by atoms with van der Waals surface area (Å²) in [5.41, 5.74) is 7.75. The van der Waals surface area contributed by atoms with Gasteiger partial charge in [-0.25, -0.2) is 0 Å². The Hall–Kier alpha value is -0.980. The van der Waals surface area contributed by atoms with Gasteiger partial charge in [-0.1, -0.05) is 6.07 Å². The maximum absolute atomic E-state index is 8.80. The summed E-state index contributed by atoms with van der Waals surface area (Å²) < 4.78 is 0. The van der Waals surface area contributed by atoms with Crippen LogP contribution in [-0.2, 0) is 0 Å². The lowest BCUT2D eigenvalue weighted by molar-refractivity contribution is 0.540. The van der Waals surface area contributed by atoms with Gasteiger partial charge in [-0.05, 0) is 62.6 Å². The van der Waals surface area contributed by atoms with E-state index < -0.39 is 5.54 Å². The van der Waals surface area contributed by atoms with Crippen molar-refractivity contribution in [2.24, 2.45) is 5.73 Å². The molecule has 1 atom stereocenters. The first kappa shape index (κ1) is 14.1.